The Morgan fingerprint density at radius 1 is 1.13 bits per heavy atom. The number of rotatable bonds is 10. The van der Waals surface area contributed by atoms with Gasteiger partial charge in [0, 0.05) is 37.7 Å². The summed E-state index contributed by atoms with van der Waals surface area (Å²) in [5.41, 5.74) is 3.01. The summed E-state index contributed by atoms with van der Waals surface area (Å²) >= 11 is 0. The molecule has 0 aliphatic heterocycles. The number of hydrogen-bond acceptors (Lipinski definition) is 4. The molecule has 0 spiro atoms. The fourth-order valence-electron chi connectivity index (χ4n) is 3.08. The zero-order chi connectivity index (χ0) is 21.1. The molecule has 0 aliphatic carbocycles. The quantitative estimate of drug-likeness (QED) is 0.241. The summed E-state index contributed by atoms with van der Waals surface area (Å²) in [5, 5.41) is 13.6. The second-order valence-electron chi connectivity index (χ2n) is 6.98. The monoisotopic (exact) mass is 527 g/mol. The summed E-state index contributed by atoms with van der Waals surface area (Å²) in [6.45, 7) is 9.87. The average molecular weight is 527 g/mol. The Hall–Kier alpha value is -2.10. The zero-order valence-corrected chi connectivity index (χ0v) is 20.7. The van der Waals surface area contributed by atoms with Gasteiger partial charge in [-0.05, 0) is 43.9 Å². The predicted octanol–water partition coefficient (Wildman–Crippen LogP) is 4.45. The lowest BCUT2D eigenvalue weighted by molar-refractivity contribution is -0.114. The fourth-order valence-corrected chi connectivity index (χ4v) is 3.08. The highest BCUT2D eigenvalue weighted by molar-refractivity contribution is 14.0. The van der Waals surface area contributed by atoms with Gasteiger partial charge in [-0.3, -0.25) is 4.79 Å². The highest BCUT2D eigenvalue weighted by Gasteiger charge is 2.12. The molecule has 0 atom stereocenters. The number of carbonyl (C=O) groups is 1. The van der Waals surface area contributed by atoms with Crippen molar-refractivity contribution in [3.8, 4) is 0 Å². The van der Waals surface area contributed by atoms with Gasteiger partial charge in [0.15, 0.2) is 11.7 Å². The van der Waals surface area contributed by atoms with Crippen molar-refractivity contribution in [2.45, 2.75) is 59.4 Å². The first-order valence-corrected chi connectivity index (χ1v) is 10.4. The third-order valence-corrected chi connectivity index (χ3v) is 4.70. The van der Waals surface area contributed by atoms with Crippen LogP contribution < -0.4 is 16.0 Å². The number of nitrogens with one attached hydrogen (secondary N) is 3. The Labute approximate surface area is 196 Å². The number of guanidine groups is 1. The minimum Gasteiger partial charge on any atom is -0.359 e. The minimum atomic E-state index is -0.0651. The third-order valence-electron chi connectivity index (χ3n) is 4.70. The fraction of sp³-hybridized carbons (Fsp3) is 0.500. The average Bonchev–Trinajstić information content (AvgIpc) is 3.17. The van der Waals surface area contributed by atoms with Crippen LogP contribution in [0.1, 0.15) is 63.5 Å². The van der Waals surface area contributed by atoms with Gasteiger partial charge in [0.05, 0.1) is 5.69 Å². The number of amides is 1. The molecular formula is C22H34IN5O2. The molecule has 166 valence electrons. The maximum Gasteiger partial charge on any atom is 0.221 e. The van der Waals surface area contributed by atoms with Crippen LogP contribution in [0.2, 0.25) is 0 Å². The summed E-state index contributed by atoms with van der Waals surface area (Å²) in [4.78, 5) is 15.7. The SMILES string of the molecule is CCNC(=NCc1cc(C(CC)CC)no1)NCCc1ccc(NC(C)=O)cc1.I. The molecule has 0 fully saturated rings. The smallest absolute Gasteiger partial charge is 0.221 e. The molecular weight excluding hydrogens is 493 g/mol. The van der Waals surface area contributed by atoms with Crippen molar-refractivity contribution in [3.63, 3.8) is 0 Å². The first-order chi connectivity index (χ1) is 14.0. The molecule has 0 aliphatic rings. The van der Waals surface area contributed by atoms with Gasteiger partial charge in [-0.15, -0.1) is 24.0 Å². The maximum atomic E-state index is 11.1. The standard InChI is InChI=1S/C22H33N5O2.HI/c1-5-18(6-2)21-14-20(29-27-21)15-25-22(23-7-3)24-13-12-17-8-10-19(11-9-17)26-16(4)28;/h8-11,14,18H,5-7,12-13,15H2,1-4H3,(H,26,28)(H2,23,24,25);1H. The third kappa shape index (κ3) is 8.73. The topological polar surface area (TPSA) is 91.6 Å². The molecule has 1 heterocycles. The van der Waals surface area contributed by atoms with E-state index in [0.29, 0.717) is 12.5 Å². The highest BCUT2D eigenvalue weighted by Crippen LogP contribution is 2.22. The van der Waals surface area contributed by atoms with Crippen molar-refractivity contribution in [2.24, 2.45) is 4.99 Å². The van der Waals surface area contributed by atoms with Crippen LogP contribution in [0.3, 0.4) is 0 Å². The Balaban J connectivity index is 0.00000450. The van der Waals surface area contributed by atoms with Crippen molar-refractivity contribution in [1.82, 2.24) is 15.8 Å². The molecule has 8 heteroatoms. The second-order valence-corrected chi connectivity index (χ2v) is 6.98. The molecule has 0 unspecified atom stereocenters. The molecule has 2 aromatic rings. The number of nitrogens with zero attached hydrogens (tertiary/aromatic N) is 2. The van der Waals surface area contributed by atoms with E-state index in [1.165, 1.54) is 12.5 Å². The molecule has 1 aromatic heterocycles. The van der Waals surface area contributed by atoms with E-state index >= 15 is 0 Å². The summed E-state index contributed by atoms with van der Waals surface area (Å²) in [5.74, 6) is 1.91. The van der Waals surface area contributed by atoms with E-state index in [1.807, 2.05) is 37.3 Å². The lowest BCUT2D eigenvalue weighted by atomic mass is 9.99. The van der Waals surface area contributed by atoms with Crippen LogP contribution in [-0.4, -0.2) is 30.1 Å². The molecule has 0 saturated heterocycles. The minimum absolute atomic E-state index is 0. The summed E-state index contributed by atoms with van der Waals surface area (Å²) < 4.78 is 5.45. The van der Waals surface area contributed by atoms with Gasteiger partial charge in [0.2, 0.25) is 5.91 Å². The van der Waals surface area contributed by atoms with Gasteiger partial charge < -0.3 is 20.5 Å². The van der Waals surface area contributed by atoms with Gasteiger partial charge >= 0.3 is 0 Å². The molecule has 2 rings (SSSR count). The number of anilines is 1. The molecule has 30 heavy (non-hydrogen) atoms. The molecule has 0 saturated carbocycles. The van der Waals surface area contributed by atoms with Crippen molar-refractivity contribution >= 4 is 41.5 Å². The van der Waals surface area contributed by atoms with E-state index in [2.05, 4.69) is 39.9 Å². The van der Waals surface area contributed by atoms with E-state index in [9.17, 15) is 4.79 Å². The Kier molecular flexibility index (Phi) is 12.1. The number of hydrogen-bond donors (Lipinski definition) is 3. The van der Waals surface area contributed by atoms with Crippen LogP contribution in [0.5, 0.6) is 0 Å². The molecule has 3 N–H and O–H groups in total. The Morgan fingerprint density at radius 3 is 2.43 bits per heavy atom. The largest absolute Gasteiger partial charge is 0.359 e. The normalized spacial score (nSPS) is 11.2. The molecule has 0 bridgehead atoms. The van der Waals surface area contributed by atoms with Crippen molar-refractivity contribution in [1.29, 1.82) is 0 Å². The first-order valence-electron chi connectivity index (χ1n) is 10.4. The van der Waals surface area contributed by atoms with Crippen molar-refractivity contribution in [3.05, 3.63) is 47.3 Å². The van der Waals surface area contributed by atoms with Gasteiger partial charge in [0.1, 0.15) is 6.54 Å². The van der Waals surface area contributed by atoms with Crippen LogP contribution in [0.15, 0.2) is 39.8 Å². The van der Waals surface area contributed by atoms with Crippen LogP contribution in [0.25, 0.3) is 0 Å². The summed E-state index contributed by atoms with van der Waals surface area (Å²) in [7, 11) is 0. The van der Waals surface area contributed by atoms with E-state index in [0.717, 1.165) is 55.5 Å². The predicted molar refractivity (Wildman–Crippen MR) is 133 cm³/mol. The van der Waals surface area contributed by atoms with Crippen LogP contribution in [0, 0.1) is 0 Å². The number of aliphatic imine (C=N–C) groups is 1. The Bertz CT molecular complexity index is 785. The van der Waals surface area contributed by atoms with Gasteiger partial charge in [-0.25, -0.2) is 4.99 Å². The molecule has 7 nitrogen and oxygen atoms in total. The van der Waals surface area contributed by atoms with E-state index in [-0.39, 0.29) is 29.9 Å². The van der Waals surface area contributed by atoms with Gasteiger partial charge in [0.25, 0.3) is 0 Å². The summed E-state index contributed by atoms with van der Waals surface area (Å²) in [6.07, 6.45) is 2.97. The lowest BCUT2D eigenvalue weighted by Gasteiger charge is -2.11. The second kappa shape index (κ2) is 14.0. The van der Waals surface area contributed by atoms with Crippen molar-refractivity contribution in [2.75, 3.05) is 18.4 Å². The molecule has 0 radical (unpaired) electrons. The van der Waals surface area contributed by atoms with Crippen LogP contribution in [-0.2, 0) is 17.8 Å². The van der Waals surface area contributed by atoms with E-state index in [1.54, 1.807) is 0 Å². The van der Waals surface area contributed by atoms with Crippen LogP contribution >= 0.6 is 24.0 Å². The number of aromatic nitrogens is 1. The number of halogens is 1. The molecule has 1 amide bonds. The lowest BCUT2D eigenvalue weighted by Crippen LogP contribution is -2.38. The van der Waals surface area contributed by atoms with E-state index < -0.39 is 0 Å². The number of benzene rings is 1. The number of carbonyl (C=O) groups excluding carboxylic acids is 1. The molecule has 1 aromatic carbocycles. The summed E-state index contributed by atoms with van der Waals surface area (Å²) in [6, 6.07) is 9.88. The maximum absolute atomic E-state index is 11.1. The zero-order valence-electron chi connectivity index (χ0n) is 18.3. The van der Waals surface area contributed by atoms with Crippen LogP contribution in [0.4, 0.5) is 5.69 Å². The van der Waals surface area contributed by atoms with Gasteiger partial charge in [-0.1, -0.05) is 31.1 Å². The van der Waals surface area contributed by atoms with Gasteiger partial charge in [-0.2, -0.15) is 0 Å². The first kappa shape index (κ1) is 25.9. The van der Waals surface area contributed by atoms with Crippen molar-refractivity contribution < 1.29 is 9.32 Å². The van der Waals surface area contributed by atoms with E-state index in [4.69, 9.17) is 4.52 Å². The highest BCUT2D eigenvalue weighted by atomic mass is 127. The Morgan fingerprint density at radius 2 is 1.83 bits per heavy atom.